The van der Waals surface area contributed by atoms with E-state index in [-0.39, 0.29) is 5.56 Å². The molecule has 0 saturated carbocycles. The molecule has 15 heteroatoms. The Hall–Kier alpha value is -6.63. The fourth-order valence-electron chi connectivity index (χ4n) is 5.19. The Balaban J connectivity index is 1.92. The van der Waals surface area contributed by atoms with Crippen LogP contribution in [0.5, 0.6) is 0 Å². The van der Waals surface area contributed by atoms with Crippen LogP contribution in [-0.2, 0) is 12.4 Å². The second kappa shape index (κ2) is 11.1. The first-order valence-corrected chi connectivity index (χ1v) is 12.7. The minimum atomic E-state index is -5.16. The van der Waals surface area contributed by atoms with Crippen molar-refractivity contribution in [2.24, 2.45) is 9.98 Å². The normalized spacial score (nSPS) is 13.3. The van der Waals surface area contributed by atoms with E-state index in [1.54, 1.807) is 0 Å². The van der Waals surface area contributed by atoms with Gasteiger partial charge in [0.05, 0.1) is 40.2 Å². The molecule has 0 bridgehead atoms. The van der Waals surface area contributed by atoms with Crippen LogP contribution in [0.25, 0.3) is 16.0 Å². The van der Waals surface area contributed by atoms with Gasteiger partial charge in [0, 0.05) is 22.3 Å². The lowest BCUT2D eigenvalue weighted by Gasteiger charge is -2.15. The molecule has 2 heterocycles. The van der Waals surface area contributed by atoms with Gasteiger partial charge >= 0.3 is 12.4 Å². The van der Waals surface area contributed by atoms with Gasteiger partial charge in [-0.2, -0.15) is 47.4 Å². The van der Waals surface area contributed by atoms with Crippen molar-refractivity contribution in [3.05, 3.63) is 110 Å². The standard InChI is InChI=1S/C32H9F8N7/c1-13-3-5-17(19(7-13)31(35,36)37)27-21(14(9-41)10-42)23-25(33)30-24(26(34)29(23)46-27)22(15(11-43)12-44)28(47-30)18-6-4-16(45-2)8-20(18)32(38,39)40/h3-8H,1H3. The van der Waals surface area contributed by atoms with Crippen molar-refractivity contribution in [2.45, 2.75) is 19.3 Å². The lowest BCUT2D eigenvalue weighted by atomic mass is 9.87. The Bertz CT molecular complexity index is 2270. The van der Waals surface area contributed by atoms with Crippen molar-refractivity contribution in [1.82, 2.24) is 0 Å². The molecule has 0 fully saturated rings. The zero-order valence-corrected chi connectivity index (χ0v) is 23.1. The molecule has 5 rings (SSSR count). The van der Waals surface area contributed by atoms with E-state index in [1.165, 1.54) is 37.3 Å². The van der Waals surface area contributed by atoms with E-state index in [9.17, 15) is 47.4 Å². The first kappa shape index (κ1) is 31.8. The summed E-state index contributed by atoms with van der Waals surface area (Å²) in [4.78, 5) is 10.7. The van der Waals surface area contributed by atoms with Gasteiger partial charge < -0.3 is 0 Å². The van der Waals surface area contributed by atoms with Crippen LogP contribution < -0.4 is 0 Å². The van der Waals surface area contributed by atoms with Crippen molar-refractivity contribution < 1.29 is 35.1 Å². The molecule has 2 aliphatic heterocycles. The van der Waals surface area contributed by atoms with Crippen LogP contribution in [0.1, 0.15) is 38.9 Å². The predicted octanol–water partition coefficient (Wildman–Crippen LogP) is 8.73. The third-order valence-corrected chi connectivity index (χ3v) is 7.12. The predicted molar refractivity (Wildman–Crippen MR) is 149 cm³/mol. The first-order chi connectivity index (χ1) is 22.1. The third kappa shape index (κ3) is 4.95. The van der Waals surface area contributed by atoms with E-state index in [4.69, 9.17) is 6.57 Å². The second-order valence-corrected chi connectivity index (χ2v) is 9.83. The number of benzene rings is 3. The van der Waals surface area contributed by atoms with E-state index in [0.29, 0.717) is 12.1 Å². The van der Waals surface area contributed by atoms with E-state index in [1.807, 2.05) is 0 Å². The molecule has 0 aliphatic carbocycles. The molecule has 228 valence electrons. The molecule has 0 unspecified atom stereocenters. The number of hydrogen-bond acceptors (Lipinski definition) is 6. The lowest BCUT2D eigenvalue weighted by Crippen LogP contribution is -2.14. The van der Waals surface area contributed by atoms with Gasteiger partial charge in [-0.25, -0.2) is 23.6 Å². The van der Waals surface area contributed by atoms with Crippen molar-refractivity contribution in [3.63, 3.8) is 0 Å². The van der Waals surface area contributed by atoms with Crippen LogP contribution in [0.4, 0.5) is 52.2 Å². The molecule has 3 aromatic rings. The van der Waals surface area contributed by atoms with Gasteiger partial charge in [-0.3, -0.25) is 0 Å². The minimum Gasteiger partial charge on any atom is -0.244 e. The molecular weight excluding hydrogens is 634 g/mol. The zero-order chi connectivity index (χ0) is 34.6. The van der Waals surface area contributed by atoms with Crippen LogP contribution in [0, 0.1) is 70.5 Å². The third-order valence-electron chi connectivity index (χ3n) is 7.12. The highest BCUT2D eigenvalue weighted by Gasteiger charge is 2.44. The highest BCUT2D eigenvalue weighted by Crippen LogP contribution is 2.53. The molecule has 0 saturated heterocycles. The van der Waals surface area contributed by atoms with E-state index in [2.05, 4.69) is 14.8 Å². The smallest absolute Gasteiger partial charge is 0.244 e. The summed E-state index contributed by atoms with van der Waals surface area (Å²) in [5.74, 6) is -3.22. The summed E-state index contributed by atoms with van der Waals surface area (Å²) in [6.45, 7) is 8.40. The van der Waals surface area contributed by atoms with E-state index >= 15 is 8.78 Å². The number of aliphatic imine (C=N–C) groups is 2. The first-order valence-electron chi connectivity index (χ1n) is 12.7. The Morgan fingerprint density at radius 3 is 1.47 bits per heavy atom. The molecule has 0 aromatic heterocycles. The molecule has 0 N–H and O–H groups in total. The molecule has 0 radical (unpaired) electrons. The molecule has 47 heavy (non-hydrogen) atoms. The van der Waals surface area contributed by atoms with Gasteiger partial charge in [-0.1, -0.05) is 29.8 Å². The Labute approximate surface area is 259 Å². The number of rotatable bonds is 2. The molecule has 3 aromatic carbocycles. The van der Waals surface area contributed by atoms with Crippen LogP contribution >= 0.6 is 0 Å². The summed E-state index contributed by atoms with van der Waals surface area (Å²) >= 11 is 0. The van der Waals surface area contributed by atoms with Crippen molar-refractivity contribution in [3.8, 4) is 24.3 Å². The average Bonchev–Trinajstić information content (AvgIpc) is 3.61. The molecule has 0 atom stereocenters. The van der Waals surface area contributed by atoms with Crippen LogP contribution in [0.3, 0.4) is 0 Å². The number of alkyl halides is 6. The van der Waals surface area contributed by atoms with Gasteiger partial charge in [0.15, 0.2) is 17.3 Å². The quantitative estimate of drug-likeness (QED) is 0.157. The molecular formula is C32H9F8N7. The van der Waals surface area contributed by atoms with Gasteiger partial charge in [-0.05, 0) is 19.1 Å². The largest absolute Gasteiger partial charge is 0.417 e. The van der Waals surface area contributed by atoms with Gasteiger partial charge in [0.1, 0.15) is 46.8 Å². The number of aryl methyl sites for hydroxylation is 1. The monoisotopic (exact) mass is 643 g/mol. The van der Waals surface area contributed by atoms with Gasteiger partial charge in [0.25, 0.3) is 0 Å². The summed E-state index contributed by atoms with van der Waals surface area (Å²) < 4.78 is 118. The maximum Gasteiger partial charge on any atom is 0.417 e. The van der Waals surface area contributed by atoms with E-state index < -0.39 is 108 Å². The number of nitrogens with zero attached hydrogens (tertiary/aromatic N) is 7. The fraction of sp³-hybridized carbons (Fsp3) is 0.0938. The Morgan fingerprint density at radius 1 is 0.681 bits per heavy atom. The maximum atomic E-state index is 16.5. The number of hydrogen-bond donors (Lipinski definition) is 0. The topological polar surface area (TPSA) is 124 Å². The van der Waals surface area contributed by atoms with E-state index in [0.717, 1.165) is 18.2 Å². The van der Waals surface area contributed by atoms with Crippen molar-refractivity contribution in [2.75, 3.05) is 0 Å². The molecule has 0 amide bonds. The Kier molecular flexibility index (Phi) is 7.48. The molecule has 2 aliphatic rings. The number of allylic oxidation sites excluding steroid dienone is 4. The van der Waals surface area contributed by atoms with Gasteiger partial charge in [-0.15, -0.1) is 0 Å². The fourth-order valence-corrected chi connectivity index (χ4v) is 5.19. The van der Waals surface area contributed by atoms with Crippen LogP contribution in [0.2, 0.25) is 0 Å². The summed E-state index contributed by atoms with van der Waals surface area (Å²) in [6.07, 6.45) is -10.2. The summed E-state index contributed by atoms with van der Waals surface area (Å²) in [6, 6.07) is 10.6. The Morgan fingerprint density at radius 2 is 1.09 bits per heavy atom. The minimum absolute atomic E-state index is 0.139. The lowest BCUT2D eigenvalue weighted by molar-refractivity contribution is -0.138. The zero-order valence-electron chi connectivity index (χ0n) is 23.1. The number of nitriles is 4. The highest BCUT2D eigenvalue weighted by atomic mass is 19.4. The summed E-state index contributed by atoms with van der Waals surface area (Å²) in [5.41, 5.74) is -14.2. The highest BCUT2D eigenvalue weighted by molar-refractivity contribution is 6.40. The maximum absolute atomic E-state index is 16.5. The second-order valence-electron chi connectivity index (χ2n) is 9.83. The van der Waals surface area contributed by atoms with Crippen molar-refractivity contribution in [1.29, 1.82) is 21.0 Å². The number of halogens is 8. The van der Waals surface area contributed by atoms with Crippen molar-refractivity contribution >= 4 is 39.6 Å². The summed E-state index contributed by atoms with van der Waals surface area (Å²) in [7, 11) is 0. The molecule has 0 spiro atoms. The van der Waals surface area contributed by atoms with Crippen LogP contribution in [0.15, 0.2) is 57.5 Å². The average molecular weight is 643 g/mol. The summed E-state index contributed by atoms with van der Waals surface area (Å²) in [5, 5.41) is 38.7. The van der Waals surface area contributed by atoms with Crippen LogP contribution in [-0.4, -0.2) is 11.4 Å². The number of fused-ring (bicyclic) bond motifs is 2. The van der Waals surface area contributed by atoms with Gasteiger partial charge in [0.2, 0.25) is 0 Å². The SMILES string of the molecule is [C-]#[N+]c1ccc(C2=Nc3c(F)c4c(c(F)c3C2=C(C#N)C#N)N=C(c2ccc(C)cc2C(F)(F)F)C4=C(C#N)C#N)c(C(F)(F)F)c1. The molecule has 7 nitrogen and oxygen atoms in total.